The number of nitrogens with two attached hydrogens (primary N) is 2. The highest BCUT2D eigenvalue weighted by Gasteiger charge is 2.48. The highest BCUT2D eigenvalue weighted by atomic mass is 16.5. The molecule has 31 heavy (non-hydrogen) atoms. The molecule has 7 nitrogen and oxygen atoms in total. The highest BCUT2D eigenvalue weighted by Crippen LogP contribution is 2.28. The van der Waals surface area contributed by atoms with Crippen LogP contribution in [0.25, 0.3) is 0 Å². The monoisotopic (exact) mass is 424 g/mol. The van der Waals surface area contributed by atoms with Crippen LogP contribution in [0.15, 0.2) is 60.7 Å². The van der Waals surface area contributed by atoms with Gasteiger partial charge in [-0.1, -0.05) is 60.7 Å². The van der Waals surface area contributed by atoms with E-state index in [1.807, 2.05) is 36.4 Å². The Balaban J connectivity index is 1.97. The SMILES string of the molecule is COC(C)(C(N)=O)C1NC(CN)CCN(CC(c2ccccc2)c2ccccc2)C1=O. The number of carbonyl (C=O) groups is 2. The molecule has 0 aromatic heterocycles. The van der Waals surface area contributed by atoms with Crippen LogP contribution in [-0.4, -0.2) is 61.1 Å². The zero-order chi connectivity index (χ0) is 22.4. The first kappa shape index (κ1) is 22.9. The van der Waals surface area contributed by atoms with Crippen LogP contribution in [0.1, 0.15) is 30.4 Å². The average molecular weight is 425 g/mol. The van der Waals surface area contributed by atoms with Crippen molar-refractivity contribution in [3.8, 4) is 0 Å². The largest absolute Gasteiger partial charge is 0.367 e. The predicted molar refractivity (Wildman–Crippen MR) is 120 cm³/mol. The number of methoxy groups -OCH3 is 1. The summed E-state index contributed by atoms with van der Waals surface area (Å²) in [5.74, 6) is -0.916. The third-order valence-corrected chi connectivity index (χ3v) is 6.26. The molecule has 3 unspecified atom stereocenters. The van der Waals surface area contributed by atoms with Crippen molar-refractivity contribution in [2.75, 3.05) is 26.7 Å². The van der Waals surface area contributed by atoms with Crippen molar-refractivity contribution in [2.24, 2.45) is 11.5 Å². The minimum Gasteiger partial charge on any atom is -0.367 e. The number of rotatable bonds is 8. The number of carbonyl (C=O) groups excluding carboxylic acids is 2. The van der Waals surface area contributed by atoms with Crippen LogP contribution in [0, 0.1) is 0 Å². The fraction of sp³-hybridized carbons (Fsp3) is 0.417. The van der Waals surface area contributed by atoms with Crippen molar-refractivity contribution in [3.63, 3.8) is 0 Å². The zero-order valence-corrected chi connectivity index (χ0v) is 18.2. The van der Waals surface area contributed by atoms with Crippen LogP contribution in [0.4, 0.5) is 0 Å². The van der Waals surface area contributed by atoms with Gasteiger partial charge in [-0.25, -0.2) is 0 Å². The molecule has 0 aliphatic carbocycles. The van der Waals surface area contributed by atoms with Gasteiger partial charge in [0.05, 0.1) is 0 Å². The number of ether oxygens (including phenoxy) is 1. The first-order valence-corrected chi connectivity index (χ1v) is 10.6. The van der Waals surface area contributed by atoms with Crippen molar-refractivity contribution in [2.45, 2.75) is 36.9 Å². The molecule has 2 amide bonds. The summed E-state index contributed by atoms with van der Waals surface area (Å²) < 4.78 is 5.45. The number of hydrogen-bond acceptors (Lipinski definition) is 5. The summed E-state index contributed by atoms with van der Waals surface area (Å²) in [5, 5.41) is 3.23. The first-order valence-electron chi connectivity index (χ1n) is 10.6. The number of hydrogen-bond donors (Lipinski definition) is 3. The van der Waals surface area contributed by atoms with E-state index in [2.05, 4.69) is 29.6 Å². The molecule has 1 aliphatic heterocycles. The third kappa shape index (κ3) is 4.95. The second kappa shape index (κ2) is 10.0. The lowest BCUT2D eigenvalue weighted by molar-refractivity contribution is -0.152. The van der Waals surface area contributed by atoms with Gasteiger partial charge in [-0.3, -0.25) is 14.9 Å². The van der Waals surface area contributed by atoms with Crippen LogP contribution < -0.4 is 16.8 Å². The van der Waals surface area contributed by atoms with Crippen LogP contribution in [0.2, 0.25) is 0 Å². The van der Waals surface area contributed by atoms with E-state index in [1.54, 1.807) is 11.8 Å². The summed E-state index contributed by atoms with van der Waals surface area (Å²) >= 11 is 0. The smallest absolute Gasteiger partial charge is 0.251 e. The molecule has 1 saturated heterocycles. The molecule has 3 rings (SSSR count). The minimum absolute atomic E-state index is 0.0104. The van der Waals surface area contributed by atoms with Crippen molar-refractivity contribution in [3.05, 3.63) is 71.8 Å². The lowest BCUT2D eigenvalue weighted by Gasteiger charge is -2.36. The molecule has 5 N–H and O–H groups in total. The maximum Gasteiger partial charge on any atom is 0.251 e. The lowest BCUT2D eigenvalue weighted by Crippen LogP contribution is -2.65. The van der Waals surface area contributed by atoms with Crippen LogP contribution in [0.5, 0.6) is 0 Å². The van der Waals surface area contributed by atoms with E-state index in [-0.39, 0.29) is 17.9 Å². The van der Waals surface area contributed by atoms with E-state index >= 15 is 0 Å². The Morgan fingerprint density at radius 3 is 2.16 bits per heavy atom. The second-order valence-corrected chi connectivity index (χ2v) is 8.15. The molecule has 0 radical (unpaired) electrons. The molecule has 0 spiro atoms. The van der Waals surface area contributed by atoms with Gasteiger partial charge >= 0.3 is 0 Å². The van der Waals surface area contributed by atoms with Crippen molar-refractivity contribution in [1.29, 1.82) is 0 Å². The molecule has 1 fully saturated rings. The van der Waals surface area contributed by atoms with Gasteiger partial charge in [0.15, 0.2) is 5.60 Å². The average Bonchev–Trinajstić information content (AvgIpc) is 2.96. The van der Waals surface area contributed by atoms with E-state index in [0.717, 1.165) is 11.1 Å². The summed E-state index contributed by atoms with van der Waals surface area (Å²) in [4.78, 5) is 27.7. The normalized spacial score (nSPS) is 21.5. The fourth-order valence-electron chi connectivity index (χ4n) is 4.11. The maximum absolute atomic E-state index is 13.6. The molecular weight excluding hydrogens is 392 g/mol. The maximum atomic E-state index is 13.6. The summed E-state index contributed by atoms with van der Waals surface area (Å²) in [6, 6.07) is 19.2. The molecule has 166 valence electrons. The Morgan fingerprint density at radius 1 is 1.16 bits per heavy atom. The van der Waals surface area contributed by atoms with Gasteiger partial charge in [-0.2, -0.15) is 0 Å². The first-order chi connectivity index (χ1) is 14.9. The quantitative estimate of drug-likeness (QED) is 0.590. The van der Waals surface area contributed by atoms with E-state index < -0.39 is 17.6 Å². The molecular formula is C24H32N4O3. The molecule has 0 saturated carbocycles. The number of nitrogens with zero attached hydrogens (tertiary/aromatic N) is 1. The van der Waals surface area contributed by atoms with E-state index in [1.165, 1.54) is 7.11 Å². The van der Waals surface area contributed by atoms with Crippen molar-refractivity contribution in [1.82, 2.24) is 10.2 Å². The van der Waals surface area contributed by atoms with Gasteiger partial charge in [0.1, 0.15) is 6.04 Å². The van der Waals surface area contributed by atoms with Gasteiger partial charge in [0.25, 0.3) is 5.91 Å². The Hall–Kier alpha value is -2.74. The Kier molecular flexibility index (Phi) is 7.43. The summed E-state index contributed by atoms with van der Waals surface area (Å²) in [6.45, 7) is 2.89. The summed E-state index contributed by atoms with van der Waals surface area (Å²) in [6.07, 6.45) is 0.674. The molecule has 1 aliphatic rings. The Bertz CT molecular complexity index is 837. The van der Waals surface area contributed by atoms with E-state index in [9.17, 15) is 9.59 Å². The summed E-state index contributed by atoms with van der Waals surface area (Å²) in [7, 11) is 1.39. The number of primary amides is 1. The number of benzene rings is 2. The molecule has 3 atom stereocenters. The number of nitrogens with one attached hydrogen (secondary N) is 1. The van der Waals surface area contributed by atoms with Gasteiger partial charge in [0, 0.05) is 38.7 Å². The van der Waals surface area contributed by atoms with Crippen LogP contribution in [0.3, 0.4) is 0 Å². The standard InChI is InChI=1S/C24H32N4O3/c1-24(31-2,23(26)30)21-22(29)28(14-13-19(15-25)27-21)16-20(17-9-5-3-6-10-17)18-11-7-4-8-12-18/h3-12,19-21,27H,13-16,25H2,1-2H3,(H2,26,30). The van der Waals surface area contributed by atoms with Gasteiger partial charge in [-0.05, 0) is 24.5 Å². The molecule has 2 aromatic rings. The van der Waals surface area contributed by atoms with Gasteiger partial charge in [-0.15, -0.1) is 0 Å². The lowest BCUT2D eigenvalue weighted by atomic mass is 9.89. The Labute approximate surface area is 183 Å². The molecule has 1 heterocycles. The highest BCUT2D eigenvalue weighted by molar-refractivity contribution is 5.94. The second-order valence-electron chi connectivity index (χ2n) is 8.15. The van der Waals surface area contributed by atoms with Crippen molar-refractivity contribution < 1.29 is 14.3 Å². The van der Waals surface area contributed by atoms with Gasteiger partial charge < -0.3 is 21.1 Å². The van der Waals surface area contributed by atoms with Gasteiger partial charge in [0.2, 0.25) is 5.91 Å². The Morgan fingerprint density at radius 2 is 1.71 bits per heavy atom. The number of amides is 2. The fourth-order valence-corrected chi connectivity index (χ4v) is 4.11. The minimum atomic E-state index is -1.48. The van der Waals surface area contributed by atoms with Crippen LogP contribution in [-0.2, 0) is 14.3 Å². The predicted octanol–water partition coefficient (Wildman–Crippen LogP) is 1.23. The van der Waals surface area contributed by atoms with E-state index in [0.29, 0.717) is 26.1 Å². The zero-order valence-electron chi connectivity index (χ0n) is 18.2. The summed E-state index contributed by atoms with van der Waals surface area (Å²) in [5.41, 5.74) is 12.3. The molecule has 7 heteroatoms. The topological polar surface area (TPSA) is 111 Å². The van der Waals surface area contributed by atoms with Crippen molar-refractivity contribution >= 4 is 11.8 Å². The molecule has 0 bridgehead atoms. The third-order valence-electron chi connectivity index (χ3n) is 6.26. The van der Waals surface area contributed by atoms with E-state index in [4.69, 9.17) is 16.2 Å². The molecule has 2 aromatic carbocycles. The van der Waals surface area contributed by atoms with Crippen LogP contribution >= 0.6 is 0 Å².